The first-order chi connectivity index (χ1) is 12.4. The highest BCUT2D eigenvalue weighted by Crippen LogP contribution is 2.46. The standard InChI is InChI=1S/C19H27N3O4/c1-4-26-16(23)14-6-8-15(9-7-14)21-18(25)19(10-11-19)17(24)20-12-5-13-22(2)3/h6-9H,4-5,10-13H2,1-3H3,(H,20,24)(H,21,25). The Morgan fingerprint density at radius 1 is 1.12 bits per heavy atom. The zero-order valence-corrected chi connectivity index (χ0v) is 15.6. The van der Waals surface area contributed by atoms with E-state index < -0.39 is 11.4 Å². The molecule has 1 fully saturated rings. The largest absolute Gasteiger partial charge is 0.462 e. The van der Waals surface area contributed by atoms with Crippen molar-refractivity contribution in [2.45, 2.75) is 26.2 Å². The second-order valence-electron chi connectivity index (χ2n) is 6.75. The molecule has 2 amide bonds. The van der Waals surface area contributed by atoms with E-state index in [0.29, 0.717) is 37.2 Å². The molecule has 7 heteroatoms. The maximum absolute atomic E-state index is 12.5. The molecule has 142 valence electrons. The van der Waals surface area contributed by atoms with E-state index in [0.717, 1.165) is 13.0 Å². The molecule has 1 aromatic carbocycles. The molecule has 0 aliphatic heterocycles. The molecule has 26 heavy (non-hydrogen) atoms. The van der Waals surface area contributed by atoms with Crippen molar-refractivity contribution in [2.24, 2.45) is 5.41 Å². The topological polar surface area (TPSA) is 87.7 Å². The molecule has 0 atom stereocenters. The summed E-state index contributed by atoms with van der Waals surface area (Å²) >= 11 is 0. The lowest BCUT2D eigenvalue weighted by Crippen LogP contribution is -2.40. The summed E-state index contributed by atoms with van der Waals surface area (Å²) < 4.78 is 4.92. The molecule has 0 bridgehead atoms. The zero-order chi connectivity index (χ0) is 19.2. The van der Waals surface area contributed by atoms with Crippen molar-refractivity contribution in [2.75, 3.05) is 39.1 Å². The fourth-order valence-corrected chi connectivity index (χ4v) is 2.60. The van der Waals surface area contributed by atoms with E-state index in [9.17, 15) is 14.4 Å². The molecular formula is C19H27N3O4. The van der Waals surface area contributed by atoms with Crippen LogP contribution in [0.25, 0.3) is 0 Å². The van der Waals surface area contributed by atoms with Crippen LogP contribution in [-0.4, -0.2) is 56.5 Å². The molecule has 1 aliphatic rings. The number of carbonyl (C=O) groups excluding carboxylic acids is 3. The van der Waals surface area contributed by atoms with Crippen LogP contribution in [0.15, 0.2) is 24.3 Å². The molecule has 1 aromatic rings. The molecule has 0 saturated heterocycles. The van der Waals surface area contributed by atoms with E-state index in [1.165, 1.54) is 0 Å². The number of nitrogens with one attached hydrogen (secondary N) is 2. The van der Waals surface area contributed by atoms with Gasteiger partial charge in [-0.15, -0.1) is 0 Å². The van der Waals surface area contributed by atoms with Crippen molar-refractivity contribution in [3.8, 4) is 0 Å². The number of nitrogens with zero attached hydrogens (tertiary/aromatic N) is 1. The predicted octanol–water partition coefficient (Wildman–Crippen LogP) is 1.65. The van der Waals surface area contributed by atoms with Crippen molar-refractivity contribution in [1.82, 2.24) is 10.2 Å². The third-order valence-corrected chi connectivity index (χ3v) is 4.34. The normalized spacial score (nSPS) is 14.6. The third kappa shape index (κ3) is 5.05. The maximum Gasteiger partial charge on any atom is 0.338 e. The Bertz CT molecular complexity index is 651. The van der Waals surface area contributed by atoms with Gasteiger partial charge in [0.15, 0.2) is 0 Å². The molecule has 0 spiro atoms. The Morgan fingerprint density at radius 3 is 2.31 bits per heavy atom. The summed E-state index contributed by atoms with van der Waals surface area (Å²) in [4.78, 5) is 38.6. The lowest BCUT2D eigenvalue weighted by molar-refractivity contribution is -0.134. The van der Waals surface area contributed by atoms with Gasteiger partial charge < -0.3 is 20.3 Å². The van der Waals surface area contributed by atoms with Gasteiger partial charge in [-0.1, -0.05) is 0 Å². The van der Waals surface area contributed by atoms with Gasteiger partial charge in [-0.3, -0.25) is 9.59 Å². The fourth-order valence-electron chi connectivity index (χ4n) is 2.60. The van der Waals surface area contributed by atoms with Crippen LogP contribution >= 0.6 is 0 Å². The number of amides is 2. The van der Waals surface area contributed by atoms with E-state index in [-0.39, 0.29) is 11.8 Å². The number of rotatable bonds is 9. The average Bonchev–Trinajstić information content (AvgIpc) is 3.41. The molecule has 0 radical (unpaired) electrons. The van der Waals surface area contributed by atoms with Crippen molar-refractivity contribution in [3.05, 3.63) is 29.8 Å². The van der Waals surface area contributed by atoms with Crippen molar-refractivity contribution < 1.29 is 19.1 Å². The first kappa shape index (κ1) is 19.9. The highest BCUT2D eigenvalue weighted by Gasteiger charge is 2.56. The Labute approximate surface area is 154 Å². The number of hydrogen-bond donors (Lipinski definition) is 2. The van der Waals surface area contributed by atoms with Crippen LogP contribution in [0.1, 0.15) is 36.5 Å². The summed E-state index contributed by atoms with van der Waals surface area (Å²) in [6.07, 6.45) is 1.95. The molecule has 2 rings (SSSR count). The SMILES string of the molecule is CCOC(=O)c1ccc(NC(=O)C2(C(=O)NCCCN(C)C)CC2)cc1. The van der Waals surface area contributed by atoms with Gasteiger partial charge in [-0.2, -0.15) is 0 Å². The van der Waals surface area contributed by atoms with E-state index in [1.54, 1.807) is 31.2 Å². The monoisotopic (exact) mass is 361 g/mol. The summed E-state index contributed by atoms with van der Waals surface area (Å²) in [6.45, 7) is 3.49. The molecular weight excluding hydrogens is 334 g/mol. The molecule has 1 saturated carbocycles. The molecule has 1 aliphatic carbocycles. The van der Waals surface area contributed by atoms with Gasteiger partial charge in [0.05, 0.1) is 12.2 Å². The van der Waals surface area contributed by atoms with Crippen LogP contribution in [0.5, 0.6) is 0 Å². The predicted molar refractivity (Wildman–Crippen MR) is 98.9 cm³/mol. The third-order valence-electron chi connectivity index (χ3n) is 4.34. The fraction of sp³-hybridized carbons (Fsp3) is 0.526. The van der Waals surface area contributed by atoms with Gasteiger partial charge in [-0.25, -0.2) is 4.79 Å². The van der Waals surface area contributed by atoms with Crippen LogP contribution in [0.4, 0.5) is 5.69 Å². The van der Waals surface area contributed by atoms with Gasteiger partial charge in [0, 0.05) is 12.2 Å². The number of carbonyl (C=O) groups is 3. The van der Waals surface area contributed by atoms with Crippen LogP contribution in [0, 0.1) is 5.41 Å². The number of anilines is 1. The summed E-state index contributed by atoms with van der Waals surface area (Å²) in [7, 11) is 3.95. The van der Waals surface area contributed by atoms with Crippen LogP contribution in [0.3, 0.4) is 0 Å². The Morgan fingerprint density at radius 2 is 1.77 bits per heavy atom. The number of ether oxygens (including phenoxy) is 1. The van der Waals surface area contributed by atoms with Gasteiger partial charge in [0.2, 0.25) is 11.8 Å². The van der Waals surface area contributed by atoms with E-state index in [1.807, 2.05) is 19.0 Å². The van der Waals surface area contributed by atoms with Gasteiger partial charge in [0.25, 0.3) is 0 Å². The zero-order valence-electron chi connectivity index (χ0n) is 15.6. The highest BCUT2D eigenvalue weighted by atomic mass is 16.5. The lowest BCUT2D eigenvalue weighted by atomic mass is 10.0. The van der Waals surface area contributed by atoms with Crippen LogP contribution < -0.4 is 10.6 Å². The summed E-state index contributed by atoms with van der Waals surface area (Å²) in [6, 6.07) is 6.45. The minimum atomic E-state index is -0.960. The molecule has 0 heterocycles. The molecule has 0 aromatic heterocycles. The van der Waals surface area contributed by atoms with Crippen molar-refractivity contribution in [3.63, 3.8) is 0 Å². The van der Waals surface area contributed by atoms with E-state index in [4.69, 9.17) is 4.74 Å². The van der Waals surface area contributed by atoms with Crippen molar-refractivity contribution in [1.29, 1.82) is 0 Å². The summed E-state index contributed by atoms with van der Waals surface area (Å²) in [5.74, 6) is -0.912. The Balaban J connectivity index is 1.88. The summed E-state index contributed by atoms with van der Waals surface area (Å²) in [5, 5.41) is 5.63. The molecule has 7 nitrogen and oxygen atoms in total. The first-order valence-corrected chi connectivity index (χ1v) is 8.90. The second kappa shape index (κ2) is 8.80. The van der Waals surface area contributed by atoms with Gasteiger partial charge in [0.1, 0.15) is 5.41 Å². The average molecular weight is 361 g/mol. The lowest BCUT2D eigenvalue weighted by Gasteiger charge is -2.16. The molecule has 2 N–H and O–H groups in total. The second-order valence-corrected chi connectivity index (χ2v) is 6.75. The van der Waals surface area contributed by atoms with Crippen LogP contribution in [-0.2, 0) is 14.3 Å². The maximum atomic E-state index is 12.5. The smallest absolute Gasteiger partial charge is 0.338 e. The highest BCUT2D eigenvalue weighted by molar-refractivity contribution is 6.13. The Kier molecular flexibility index (Phi) is 6.74. The first-order valence-electron chi connectivity index (χ1n) is 8.90. The Hall–Kier alpha value is -2.41. The number of hydrogen-bond acceptors (Lipinski definition) is 5. The quantitative estimate of drug-likeness (QED) is 0.397. The molecule has 0 unspecified atom stereocenters. The summed E-state index contributed by atoms with van der Waals surface area (Å²) in [5.41, 5.74) is 0.0112. The number of benzene rings is 1. The van der Waals surface area contributed by atoms with E-state index >= 15 is 0 Å². The minimum absolute atomic E-state index is 0.211. The van der Waals surface area contributed by atoms with Crippen LogP contribution in [0.2, 0.25) is 0 Å². The number of esters is 1. The van der Waals surface area contributed by atoms with Gasteiger partial charge in [-0.05, 0) is 71.1 Å². The van der Waals surface area contributed by atoms with Crippen molar-refractivity contribution >= 4 is 23.5 Å². The van der Waals surface area contributed by atoms with Gasteiger partial charge >= 0.3 is 5.97 Å². The van der Waals surface area contributed by atoms with E-state index in [2.05, 4.69) is 10.6 Å². The minimum Gasteiger partial charge on any atom is -0.462 e.